The number of halogens is 1. The lowest BCUT2D eigenvalue weighted by Crippen LogP contribution is -2.69. The van der Waals surface area contributed by atoms with Crippen LogP contribution in [0.3, 0.4) is 0 Å². The fraction of sp³-hybridized carbons (Fsp3) is 0.873. The molecule has 3 heterocycles. The number of fused-ring (bicyclic) bond motifs is 5. The molecule has 2 saturated carbocycles. The molecule has 3 aliphatic heterocycles. The molecule has 21 heteroatoms. The molecule has 26 atom stereocenters. The average Bonchev–Trinajstić information content (AvgIpc) is 1.33. The maximum Gasteiger partial charge on any atom is 0.311 e. The maximum absolute atomic E-state index is 17.7. The molecule has 0 spiro atoms. The standard InChI is InChI=1S/C63H104FN3O17/c1-17-46-61(13,76)51(71)36(5)48(66-79-26-20-18-19-25-65-56(74)63(77)34(3)27-43-42-22-21-40-29-41(68)23-24-57(40,9)62(42,64)45(69)31-58(43,63)10)33(2)30-59(11,75)53(84-55-49(70)44(67(14)15)28-35(4)80-55)37(6)50(38(7)54(73)82-46)83-47-32-60(12,78-16)52(72)39(8)81-47/h21,23-24,33-39,42-47,49-53,55,69-72,75-77H,17-20,22,25-32H2,1-16H3,(H,65,74)/t33-,34-,35-,36+,37+,38?,39+,42?,43?,44+,45+,46-,47+,49-,50+,51-,52+,53-,55+,57+,58-,59-,60-,61-,62+,63+/m1/s1. The van der Waals surface area contributed by atoms with Gasteiger partial charge in [0.2, 0.25) is 0 Å². The number of rotatable bonds is 15. The van der Waals surface area contributed by atoms with E-state index in [9.17, 15) is 50.1 Å². The molecule has 7 rings (SSSR count). The Kier molecular flexibility index (Phi) is 21.0. The summed E-state index contributed by atoms with van der Waals surface area (Å²) in [6, 6.07) is -0.375. The zero-order valence-electron chi connectivity index (χ0n) is 52.9. The van der Waals surface area contributed by atoms with Gasteiger partial charge in [-0.05, 0) is 138 Å². The first-order chi connectivity index (χ1) is 39.0. The summed E-state index contributed by atoms with van der Waals surface area (Å²) in [4.78, 5) is 49.1. The summed E-state index contributed by atoms with van der Waals surface area (Å²) in [5, 5.41) is 92.3. The van der Waals surface area contributed by atoms with Crippen LogP contribution in [0.25, 0.3) is 0 Å². The van der Waals surface area contributed by atoms with Crippen molar-refractivity contribution in [1.82, 2.24) is 10.2 Å². The fourth-order valence-electron chi connectivity index (χ4n) is 16.5. The van der Waals surface area contributed by atoms with Gasteiger partial charge < -0.3 is 79.2 Å². The highest BCUT2D eigenvalue weighted by Gasteiger charge is 2.75. The molecule has 3 saturated heterocycles. The molecule has 8 N–H and O–H groups in total. The Balaban J connectivity index is 1.09. The topological polar surface area (TPSA) is 285 Å². The minimum Gasteiger partial charge on any atom is -0.459 e. The molecule has 1 amide bonds. The first-order valence-corrected chi connectivity index (χ1v) is 31.0. The first kappa shape index (κ1) is 68.5. The quantitative estimate of drug-likeness (QED) is 0.0451. The van der Waals surface area contributed by atoms with E-state index >= 15 is 4.39 Å². The molecule has 3 unspecified atom stereocenters. The lowest BCUT2D eigenvalue weighted by atomic mass is 9.45. The molecular formula is C63H104FN3O17. The largest absolute Gasteiger partial charge is 0.459 e. The van der Waals surface area contributed by atoms with Gasteiger partial charge >= 0.3 is 5.97 Å². The number of carbonyl (C=O) groups excluding carboxylic acids is 3. The number of nitrogens with zero attached hydrogens (tertiary/aromatic N) is 2. The number of ketones is 1. The van der Waals surface area contributed by atoms with Crippen molar-refractivity contribution in [3.8, 4) is 0 Å². The Bertz CT molecular complexity index is 2430. The monoisotopic (exact) mass is 1190 g/mol. The maximum atomic E-state index is 17.7. The summed E-state index contributed by atoms with van der Waals surface area (Å²) in [5.41, 5.74) is -10.3. The zero-order chi connectivity index (χ0) is 62.6. The second-order valence-corrected chi connectivity index (χ2v) is 27.9. The third-order valence-electron chi connectivity index (χ3n) is 21.8. The summed E-state index contributed by atoms with van der Waals surface area (Å²) in [7, 11) is 5.18. The lowest BCUT2D eigenvalue weighted by molar-refractivity contribution is -0.317. The van der Waals surface area contributed by atoms with Crippen molar-refractivity contribution in [2.75, 3.05) is 34.4 Å². The number of hydrogen-bond donors (Lipinski definition) is 8. The molecule has 0 aromatic heterocycles. The van der Waals surface area contributed by atoms with E-state index in [1.54, 1.807) is 75.3 Å². The van der Waals surface area contributed by atoms with Crippen molar-refractivity contribution < 1.29 is 87.8 Å². The number of esters is 1. The summed E-state index contributed by atoms with van der Waals surface area (Å²) in [6.45, 7) is 22.5. The van der Waals surface area contributed by atoms with E-state index in [0.717, 1.165) is 0 Å². The average molecular weight is 1190 g/mol. The second-order valence-electron chi connectivity index (χ2n) is 27.9. The highest BCUT2D eigenvalue weighted by atomic mass is 19.1. The summed E-state index contributed by atoms with van der Waals surface area (Å²) < 4.78 is 55.8. The Morgan fingerprint density at radius 2 is 1.55 bits per heavy atom. The van der Waals surface area contributed by atoms with Crippen LogP contribution in [0.1, 0.15) is 161 Å². The number of likely N-dealkylation sites (N-methyl/N-ethyl adjacent to an activating group) is 1. The molecule has 480 valence electrons. The van der Waals surface area contributed by atoms with Crippen molar-refractivity contribution in [1.29, 1.82) is 0 Å². The van der Waals surface area contributed by atoms with E-state index in [-0.39, 0.29) is 75.3 Å². The van der Waals surface area contributed by atoms with E-state index in [2.05, 4.69) is 10.5 Å². The molecule has 0 bridgehead atoms. The van der Waals surface area contributed by atoms with Crippen molar-refractivity contribution >= 4 is 23.4 Å². The lowest BCUT2D eigenvalue weighted by Gasteiger charge is -2.61. The van der Waals surface area contributed by atoms with E-state index in [1.807, 2.05) is 38.9 Å². The van der Waals surface area contributed by atoms with Gasteiger partial charge in [0.05, 0.1) is 59.5 Å². The Labute approximate surface area is 497 Å². The number of carbonyl (C=O) groups is 3. The van der Waals surface area contributed by atoms with Crippen molar-refractivity contribution in [3.05, 3.63) is 23.8 Å². The van der Waals surface area contributed by atoms with Gasteiger partial charge in [-0.1, -0.05) is 64.4 Å². The number of hydrogen-bond acceptors (Lipinski definition) is 19. The number of unbranched alkanes of at least 4 members (excludes halogenated alkanes) is 2. The van der Waals surface area contributed by atoms with Crippen LogP contribution >= 0.6 is 0 Å². The van der Waals surface area contributed by atoms with Crippen LogP contribution in [0.5, 0.6) is 0 Å². The second kappa shape index (κ2) is 25.8. The van der Waals surface area contributed by atoms with Gasteiger partial charge in [-0.2, -0.15) is 0 Å². The first-order valence-electron chi connectivity index (χ1n) is 31.0. The minimum atomic E-state index is -2.09. The number of alkyl halides is 1. The Morgan fingerprint density at radius 3 is 2.19 bits per heavy atom. The molecule has 0 aromatic carbocycles. The van der Waals surface area contributed by atoms with E-state index in [4.69, 9.17) is 33.3 Å². The molecule has 5 fully saturated rings. The third-order valence-corrected chi connectivity index (χ3v) is 21.8. The van der Waals surface area contributed by atoms with Gasteiger partial charge in [-0.25, -0.2) is 4.39 Å². The third kappa shape index (κ3) is 12.4. The smallest absolute Gasteiger partial charge is 0.311 e. The van der Waals surface area contributed by atoms with E-state index in [1.165, 1.54) is 20.1 Å². The van der Waals surface area contributed by atoms with E-state index in [0.29, 0.717) is 37.7 Å². The van der Waals surface area contributed by atoms with Gasteiger partial charge in [0.15, 0.2) is 29.6 Å². The van der Waals surface area contributed by atoms with Gasteiger partial charge in [-0.15, -0.1) is 0 Å². The number of cyclic esters (lactones) is 1. The number of aliphatic hydroxyl groups is 7. The molecular weight excluding hydrogens is 1090 g/mol. The number of aliphatic hydroxyl groups excluding tert-OH is 4. The van der Waals surface area contributed by atoms with Crippen LogP contribution in [0, 0.1) is 52.3 Å². The summed E-state index contributed by atoms with van der Waals surface area (Å²) in [5.74, 6) is -6.73. The van der Waals surface area contributed by atoms with Crippen molar-refractivity contribution in [2.24, 2.45) is 57.4 Å². The van der Waals surface area contributed by atoms with Gasteiger partial charge in [-0.3, -0.25) is 14.4 Å². The molecule has 7 aliphatic rings. The fourth-order valence-corrected chi connectivity index (χ4v) is 16.5. The Hall–Kier alpha value is -3.03. The van der Waals surface area contributed by atoms with Crippen LogP contribution in [0.4, 0.5) is 4.39 Å². The predicted molar refractivity (Wildman–Crippen MR) is 309 cm³/mol. The van der Waals surface area contributed by atoms with Gasteiger partial charge in [0.1, 0.15) is 30.5 Å². The highest BCUT2D eigenvalue weighted by molar-refractivity contribution is 5.93. The van der Waals surface area contributed by atoms with Crippen LogP contribution < -0.4 is 5.32 Å². The molecule has 0 aromatic rings. The minimum absolute atomic E-state index is 0.0584. The number of amides is 1. The number of allylic oxidation sites excluding steroid dienone is 4. The van der Waals surface area contributed by atoms with Gasteiger partial charge in [0.25, 0.3) is 5.91 Å². The van der Waals surface area contributed by atoms with E-state index < -0.39 is 154 Å². The number of ether oxygens (including phenoxy) is 6. The SMILES string of the molecule is CC[C@H]1OC(=O)C(C)[C@@H](O[C@H]2C[C@@](C)(OC)[C@@H](O)[C@H](C)O2)[C@H](C)[C@@H](O[C@@H]2O[C@H](C)C[C@H](N(C)C)[C@H]2O)[C@](C)(O)C[C@@H](C)C(=NOCCCCCNC(=O)[C@@]2(O)[C@H](C)CC3C4CC=C5CC(=O)C=C[C@]5(C)[C@@]4(F)[C@@H](O)C[C@]32C)[C@H](C)[C@@H](O)[C@]1(C)O. The van der Waals surface area contributed by atoms with Crippen molar-refractivity contribution in [2.45, 2.75) is 262 Å². The highest BCUT2D eigenvalue weighted by Crippen LogP contribution is 2.70. The van der Waals surface area contributed by atoms with Crippen LogP contribution in [0.2, 0.25) is 0 Å². The summed E-state index contributed by atoms with van der Waals surface area (Å²) >= 11 is 0. The summed E-state index contributed by atoms with van der Waals surface area (Å²) in [6.07, 6.45) is -4.59. The Morgan fingerprint density at radius 1 is 0.869 bits per heavy atom. The van der Waals surface area contributed by atoms with Crippen LogP contribution in [-0.4, -0.2) is 200 Å². The number of methoxy groups -OCH3 is 1. The predicted octanol–water partition coefficient (Wildman–Crippen LogP) is 5.22. The van der Waals surface area contributed by atoms with Gasteiger partial charge in [0, 0.05) is 67.0 Å². The number of oxime groups is 1. The number of nitrogens with one attached hydrogen (secondary N) is 1. The molecule has 84 heavy (non-hydrogen) atoms. The molecule has 4 aliphatic carbocycles. The van der Waals surface area contributed by atoms with Crippen molar-refractivity contribution in [3.63, 3.8) is 0 Å². The molecule has 20 nitrogen and oxygen atoms in total. The van der Waals surface area contributed by atoms with Crippen LogP contribution in [-0.2, 0) is 47.6 Å². The molecule has 0 radical (unpaired) electrons. The zero-order valence-corrected chi connectivity index (χ0v) is 52.9. The normalized spacial score (nSPS) is 49.0. The van der Waals surface area contributed by atoms with Crippen LogP contribution in [0.15, 0.2) is 29.0 Å².